The van der Waals surface area contributed by atoms with E-state index >= 15 is 0 Å². The third-order valence-corrected chi connectivity index (χ3v) is 2.99. The van der Waals surface area contributed by atoms with E-state index in [0.29, 0.717) is 0 Å². The second kappa shape index (κ2) is 5.77. The van der Waals surface area contributed by atoms with Gasteiger partial charge in [0.1, 0.15) is 6.61 Å². The first-order valence-corrected chi connectivity index (χ1v) is 6.01. The van der Waals surface area contributed by atoms with E-state index in [0.717, 1.165) is 31.7 Å². The Bertz CT molecular complexity index is 436. The predicted octanol–water partition coefficient (Wildman–Crippen LogP) is 1.28. The summed E-state index contributed by atoms with van der Waals surface area (Å²) < 4.78 is 12.1. The van der Waals surface area contributed by atoms with Crippen LogP contribution in [0.3, 0.4) is 0 Å². The first kappa shape index (κ1) is 12.8. The summed E-state index contributed by atoms with van der Waals surface area (Å²) in [5.74, 6) is -0.453. The van der Waals surface area contributed by atoms with E-state index < -0.39 is 5.97 Å². The van der Waals surface area contributed by atoms with Gasteiger partial charge in [0, 0.05) is 13.2 Å². The van der Waals surface area contributed by atoms with E-state index in [4.69, 9.17) is 9.47 Å². The van der Waals surface area contributed by atoms with Crippen molar-refractivity contribution in [2.75, 3.05) is 19.8 Å². The molecule has 6 nitrogen and oxygen atoms in total. The van der Waals surface area contributed by atoms with Crippen LogP contribution in [0.4, 0.5) is 0 Å². The highest BCUT2D eigenvalue weighted by atomic mass is 16.5. The molecule has 1 aliphatic rings. The van der Waals surface area contributed by atoms with Gasteiger partial charge >= 0.3 is 5.97 Å². The van der Waals surface area contributed by atoms with Gasteiger partial charge in [0.05, 0.1) is 11.7 Å². The molecule has 1 aromatic rings. The Kier molecular flexibility index (Phi) is 4.09. The van der Waals surface area contributed by atoms with Crippen LogP contribution in [0.2, 0.25) is 0 Å². The zero-order valence-electron chi connectivity index (χ0n) is 10.5. The SMILES string of the molecule is C=CCOC(=O)c1nnn(C2CCOCC2)c1C. The summed E-state index contributed by atoms with van der Waals surface area (Å²) in [7, 11) is 0. The van der Waals surface area contributed by atoms with E-state index in [1.807, 2.05) is 6.92 Å². The van der Waals surface area contributed by atoms with Crippen LogP contribution in [0, 0.1) is 6.92 Å². The van der Waals surface area contributed by atoms with E-state index in [1.165, 1.54) is 6.08 Å². The van der Waals surface area contributed by atoms with E-state index in [-0.39, 0.29) is 18.3 Å². The predicted molar refractivity (Wildman–Crippen MR) is 64.3 cm³/mol. The van der Waals surface area contributed by atoms with Gasteiger partial charge in [0.25, 0.3) is 0 Å². The second-order valence-electron chi connectivity index (χ2n) is 4.20. The van der Waals surface area contributed by atoms with Crippen molar-refractivity contribution < 1.29 is 14.3 Å². The maximum absolute atomic E-state index is 11.7. The third-order valence-electron chi connectivity index (χ3n) is 2.99. The standard InChI is InChI=1S/C12H17N3O3/c1-3-6-18-12(16)11-9(2)15(14-13-11)10-4-7-17-8-5-10/h3,10H,1,4-8H2,2H3. The molecular formula is C12H17N3O3. The van der Waals surface area contributed by atoms with Gasteiger partial charge in [-0.25, -0.2) is 9.48 Å². The average Bonchev–Trinajstić information content (AvgIpc) is 2.79. The van der Waals surface area contributed by atoms with E-state index in [1.54, 1.807) is 4.68 Å². The molecule has 0 bridgehead atoms. The van der Waals surface area contributed by atoms with Crippen molar-refractivity contribution in [3.05, 3.63) is 24.0 Å². The monoisotopic (exact) mass is 251 g/mol. The summed E-state index contributed by atoms with van der Waals surface area (Å²) in [5, 5.41) is 7.96. The van der Waals surface area contributed by atoms with Crippen molar-refractivity contribution in [3.8, 4) is 0 Å². The molecule has 1 aromatic heterocycles. The Morgan fingerprint density at radius 2 is 2.33 bits per heavy atom. The molecule has 0 radical (unpaired) electrons. The molecule has 0 spiro atoms. The molecular weight excluding hydrogens is 234 g/mol. The number of rotatable bonds is 4. The number of esters is 1. The minimum Gasteiger partial charge on any atom is -0.457 e. The molecule has 1 fully saturated rings. The molecule has 6 heteroatoms. The van der Waals surface area contributed by atoms with Gasteiger partial charge in [0.2, 0.25) is 0 Å². The summed E-state index contributed by atoms with van der Waals surface area (Å²) in [6.45, 7) is 6.96. The third kappa shape index (κ3) is 2.59. The minimum absolute atomic E-state index is 0.183. The molecule has 1 aliphatic heterocycles. The van der Waals surface area contributed by atoms with Crippen LogP contribution in [0.5, 0.6) is 0 Å². The number of hydrogen-bond acceptors (Lipinski definition) is 5. The van der Waals surface area contributed by atoms with Gasteiger partial charge in [-0.3, -0.25) is 0 Å². The van der Waals surface area contributed by atoms with Crippen molar-refractivity contribution in [1.82, 2.24) is 15.0 Å². The van der Waals surface area contributed by atoms with Gasteiger partial charge in [-0.1, -0.05) is 17.9 Å². The molecule has 98 valence electrons. The van der Waals surface area contributed by atoms with Crippen LogP contribution >= 0.6 is 0 Å². The van der Waals surface area contributed by atoms with Gasteiger partial charge in [-0.2, -0.15) is 0 Å². The molecule has 2 rings (SSSR count). The molecule has 0 N–H and O–H groups in total. The van der Waals surface area contributed by atoms with Gasteiger partial charge in [-0.15, -0.1) is 5.10 Å². The van der Waals surface area contributed by atoms with Gasteiger partial charge < -0.3 is 9.47 Å². The summed E-state index contributed by atoms with van der Waals surface area (Å²) in [6, 6.07) is 0.257. The van der Waals surface area contributed by atoms with Crippen LogP contribution in [-0.4, -0.2) is 40.8 Å². The lowest BCUT2D eigenvalue weighted by Crippen LogP contribution is -2.21. The highest BCUT2D eigenvalue weighted by Gasteiger charge is 2.23. The van der Waals surface area contributed by atoms with Crippen molar-refractivity contribution in [3.63, 3.8) is 0 Å². The fourth-order valence-corrected chi connectivity index (χ4v) is 2.01. The Labute approximate surface area is 106 Å². The lowest BCUT2D eigenvalue weighted by Gasteiger charge is -2.22. The van der Waals surface area contributed by atoms with Gasteiger partial charge in [0.15, 0.2) is 5.69 Å². The molecule has 1 saturated heterocycles. The zero-order valence-corrected chi connectivity index (χ0v) is 10.5. The van der Waals surface area contributed by atoms with Crippen LogP contribution in [0.1, 0.15) is 35.1 Å². The second-order valence-corrected chi connectivity index (χ2v) is 4.20. The van der Waals surface area contributed by atoms with Crippen molar-refractivity contribution in [1.29, 1.82) is 0 Å². The first-order chi connectivity index (χ1) is 8.74. The fourth-order valence-electron chi connectivity index (χ4n) is 2.01. The number of hydrogen-bond donors (Lipinski definition) is 0. The lowest BCUT2D eigenvalue weighted by molar-refractivity contribution is 0.0541. The highest BCUT2D eigenvalue weighted by Crippen LogP contribution is 2.22. The van der Waals surface area contributed by atoms with Crippen LogP contribution in [0.15, 0.2) is 12.7 Å². The minimum atomic E-state index is -0.453. The lowest BCUT2D eigenvalue weighted by atomic mass is 10.1. The fraction of sp³-hybridized carbons (Fsp3) is 0.583. The molecule has 0 unspecified atom stereocenters. The molecule has 2 heterocycles. The summed E-state index contributed by atoms with van der Waals surface area (Å²) in [5.41, 5.74) is 1.03. The largest absolute Gasteiger partial charge is 0.457 e. The van der Waals surface area contributed by atoms with Crippen LogP contribution in [-0.2, 0) is 9.47 Å². The van der Waals surface area contributed by atoms with Crippen LogP contribution in [0.25, 0.3) is 0 Å². The number of aromatic nitrogens is 3. The zero-order chi connectivity index (χ0) is 13.0. The van der Waals surface area contributed by atoms with Crippen molar-refractivity contribution in [2.45, 2.75) is 25.8 Å². The number of ether oxygens (including phenoxy) is 2. The Hall–Kier alpha value is -1.69. The Balaban J connectivity index is 2.12. The first-order valence-electron chi connectivity index (χ1n) is 6.01. The smallest absolute Gasteiger partial charge is 0.361 e. The summed E-state index contributed by atoms with van der Waals surface area (Å²) in [6.07, 6.45) is 3.31. The number of carbonyl (C=O) groups is 1. The normalized spacial score (nSPS) is 16.5. The molecule has 0 saturated carbocycles. The quantitative estimate of drug-likeness (QED) is 0.595. The molecule has 0 atom stereocenters. The van der Waals surface area contributed by atoms with Crippen LogP contribution < -0.4 is 0 Å². The molecule has 18 heavy (non-hydrogen) atoms. The van der Waals surface area contributed by atoms with Crippen molar-refractivity contribution >= 4 is 5.97 Å². The number of carbonyl (C=O) groups excluding carboxylic acids is 1. The summed E-state index contributed by atoms with van der Waals surface area (Å²) >= 11 is 0. The topological polar surface area (TPSA) is 66.2 Å². The average molecular weight is 251 g/mol. The maximum Gasteiger partial charge on any atom is 0.361 e. The number of nitrogens with zero attached hydrogens (tertiary/aromatic N) is 3. The van der Waals surface area contributed by atoms with Gasteiger partial charge in [-0.05, 0) is 19.8 Å². The highest BCUT2D eigenvalue weighted by molar-refractivity contribution is 5.88. The maximum atomic E-state index is 11.7. The summed E-state index contributed by atoms with van der Waals surface area (Å²) in [4.78, 5) is 11.7. The molecule has 0 aliphatic carbocycles. The molecule has 0 amide bonds. The van der Waals surface area contributed by atoms with Crippen molar-refractivity contribution in [2.24, 2.45) is 0 Å². The Morgan fingerprint density at radius 1 is 1.61 bits per heavy atom. The van der Waals surface area contributed by atoms with E-state index in [9.17, 15) is 4.79 Å². The van der Waals surface area contributed by atoms with E-state index in [2.05, 4.69) is 16.9 Å². The molecule has 0 aromatic carbocycles. The Morgan fingerprint density at radius 3 is 3.00 bits per heavy atom.